The maximum absolute atomic E-state index is 12.2. The summed E-state index contributed by atoms with van der Waals surface area (Å²) in [7, 11) is 1.38. The van der Waals surface area contributed by atoms with Crippen molar-refractivity contribution in [2.45, 2.75) is 13.0 Å². The van der Waals surface area contributed by atoms with Crippen LogP contribution in [0.1, 0.15) is 18.5 Å². The van der Waals surface area contributed by atoms with Crippen LogP contribution < -0.4 is 10.6 Å². The SMILES string of the molecule is COC(=O)C1=C(C)NC(=S)NC1c1ccc(-c2ccccc2)cc1. The average Bonchev–Trinajstić information content (AvgIpc) is 2.61. The first-order valence-corrected chi connectivity index (χ1v) is 8.03. The van der Waals surface area contributed by atoms with E-state index in [1.165, 1.54) is 7.11 Å². The Morgan fingerprint density at radius 2 is 1.67 bits per heavy atom. The van der Waals surface area contributed by atoms with E-state index in [0.717, 1.165) is 16.7 Å². The summed E-state index contributed by atoms with van der Waals surface area (Å²) in [5.74, 6) is -0.368. The molecule has 24 heavy (non-hydrogen) atoms. The molecule has 0 fully saturated rings. The molecule has 1 aliphatic rings. The van der Waals surface area contributed by atoms with Crippen LogP contribution in [0.4, 0.5) is 0 Å². The molecule has 3 rings (SSSR count). The maximum Gasteiger partial charge on any atom is 0.337 e. The molecule has 2 aromatic carbocycles. The van der Waals surface area contributed by atoms with Gasteiger partial charge in [0.25, 0.3) is 0 Å². The zero-order chi connectivity index (χ0) is 17.1. The first kappa shape index (κ1) is 16.2. The topological polar surface area (TPSA) is 50.4 Å². The molecular weight excluding hydrogens is 320 g/mol. The predicted octanol–water partition coefficient (Wildman–Crippen LogP) is 3.32. The maximum atomic E-state index is 12.2. The second kappa shape index (κ2) is 6.84. The van der Waals surface area contributed by atoms with Crippen LogP contribution in [0.3, 0.4) is 0 Å². The van der Waals surface area contributed by atoms with Crippen LogP contribution in [0.15, 0.2) is 65.9 Å². The van der Waals surface area contributed by atoms with Crippen molar-refractivity contribution >= 4 is 23.3 Å². The van der Waals surface area contributed by atoms with Gasteiger partial charge in [0.15, 0.2) is 5.11 Å². The third-order valence-electron chi connectivity index (χ3n) is 4.03. The van der Waals surface area contributed by atoms with Gasteiger partial charge in [0.05, 0.1) is 18.7 Å². The Labute approximate surface area is 146 Å². The van der Waals surface area contributed by atoms with Crippen molar-refractivity contribution in [2.24, 2.45) is 0 Å². The molecule has 1 atom stereocenters. The number of carbonyl (C=O) groups is 1. The van der Waals surface area contributed by atoms with Crippen molar-refractivity contribution in [1.29, 1.82) is 0 Å². The monoisotopic (exact) mass is 338 g/mol. The van der Waals surface area contributed by atoms with Crippen molar-refractivity contribution in [1.82, 2.24) is 10.6 Å². The molecule has 1 heterocycles. The molecule has 0 radical (unpaired) electrons. The van der Waals surface area contributed by atoms with Crippen LogP contribution in [-0.4, -0.2) is 18.2 Å². The highest BCUT2D eigenvalue weighted by atomic mass is 32.1. The van der Waals surface area contributed by atoms with Gasteiger partial charge in [-0.25, -0.2) is 4.79 Å². The van der Waals surface area contributed by atoms with E-state index in [9.17, 15) is 4.79 Å². The number of carbonyl (C=O) groups excluding carboxylic acids is 1. The molecule has 0 aromatic heterocycles. The summed E-state index contributed by atoms with van der Waals surface area (Å²) in [5, 5.41) is 6.63. The van der Waals surface area contributed by atoms with Gasteiger partial charge in [-0.15, -0.1) is 0 Å². The molecule has 4 nitrogen and oxygen atoms in total. The first-order chi connectivity index (χ1) is 11.6. The van der Waals surface area contributed by atoms with Crippen molar-refractivity contribution in [3.8, 4) is 11.1 Å². The van der Waals surface area contributed by atoms with Crippen LogP contribution in [0, 0.1) is 0 Å². The lowest BCUT2D eigenvalue weighted by Gasteiger charge is -2.29. The zero-order valence-corrected chi connectivity index (χ0v) is 14.3. The number of nitrogens with one attached hydrogen (secondary N) is 2. The number of esters is 1. The van der Waals surface area contributed by atoms with Gasteiger partial charge in [-0.05, 0) is 35.8 Å². The molecule has 0 amide bonds. The van der Waals surface area contributed by atoms with Crippen molar-refractivity contribution < 1.29 is 9.53 Å². The summed E-state index contributed by atoms with van der Waals surface area (Å²) in [4.78, 5) is 12.2. The van der Waals surface area contributed by atoms with E-state index < -0.39 is 0 Å². The van der Waals surface area contributed by atoms with E-state index in [4.69, 9.17) is 17.0 Å². The van der Waals surface area contributed by atoms with E-state index in [0.29, 0.717) is 16.4 Å². The summed E-state index contributed by atoms with van der Waals surface area (Å²) in [6.45, 7) is 1.82. The minimum Gasteiger partial charge on any atom is -0.466 e. The van der Waals surface area contributed by atoms with Gasteiger partial charge < -0.3 is 15.4 Å². The number of thiocarbonyl (C=S) groups is 1. The Kier molecular flexibility index (Phi) is 4.62. The minimum atomic E-state index is -0.368. The Morgan fingerprint density at radius 3 is 2.29 bits per heavy atom. The Bertz CT molecular complexity index is 798. The number of methoxy groups -OCH3 is 1. The Hall–Kier alpha value is -2.66. The molecule has 2 N–H and O–H groups in total. The smallest absolute Gasteiger partial charge is 0.337 e. The summed E-state index contributed by atoms with van der Waals surface area (Å²) in [6.07, 6.45) is 0. The van der Waals surface area contributed by atoms with E-state index in [1.807, 2.05) is 49.4 Å². The number of rotatable bonds is 3. The molecular formula is C19H18N2O2S. The first-order valence-electron chi connectivity index (χ1n) is 7.62. The van der Waals surface area contributed by atoms with Gasteiger partial charge in [-0.2, -0.15) is 0 Å². The van der Waals surface area contributed by atoms with Gasteiger partial charge in [0.2, 0.25) is 0 Å². The van der Waals surface area contributed by atoms with Gasteiger partial charge in [-0.3, -0.25) is 0 Å². The highest BCUT2D eigenvalue weighted by Gasteiger charge is 2.30. The third-order valence-corrected chi connectivity index (χ3v) is 4.25. The molecule has 5 heteroatoms. The average molecular weight is 338 g/mol. The molecule has 122 valence electrons. The largest absolute Gasteiger partial charge is 0.466 e. The van der Waals surface area contributed by atoms with Crippen LogP contribution in [-0.2, 0) is 9.53 Å². The van der Waals surface area contributed by atoms with Gasteiger partial charge in [0.1, 0.15) is 0 Å². The van der Waals surface area contributed by atoms with Crippen LogP contribution in [0.5, 0.6) is 0 Å². The van der Waals surface area contributed by atoms with E-state index >= 15 is 0 Å². The molecule has 1 unspecified atom stereocenters. The van der Waals surface area contributed by atoms with E-state index in [2.05, 4.69) is 22.8 Å². The van der Waals surface area contributed by atoms with E-state index in [-0.39, 0.29) is 12.0 Å². The second-order valence-electron chi connectivity index (χ2n) is 5.55. The standard InChI is InChI=1S/C19H18N2O2S/c1-12-16(18(22)23-2)17(21-19(24)20-12)15-10-8-14(9-11-15)13-6-4-3-5-7-13/h3-11,17H,1-2H3,(H2,20,21,24). The number of hydrogen-bond acceptors (Lipinski definition) is 3. The highest BCUT2D eigenvalue weighted by molar-refractivity contribution is 7.80. The van der Waals surface area contributed by atoms with Gasteiger partial charge in [-0.1, -0.05) is 54.6 Å². The van der Waals surface area contributed by atoms with Crippen LogP contribution in [0.2, 0.25) is 0 Å². The Balaban J connectivity index is 1.96. The fourth-order valence-electron chi connectivity index (χ4n) is 2.82. The number of benzene rings is 2. The second-order valence-corrected chi connectivity index (χ2v) is 5.96. The van der Waals surface area contributed by atoms with E-state index in [1.54, 1.807) is 0 Å². The molecule has 0 saturated carbocycles. The number of ether oxygens (including phenoxy) is 1. The number of allylic oxidation sites excluding steroid dienone is 1. The lowest BCUT2D eigenvalue weighted by molar-refractivity contribution is -0.136. The molecule has 1 aliphatic heterocycles. The van der Waals surface area contributed by atoms with Crippen molar-refractivity contribution in [3.05, 3.63) is 71.4 Å². The highest BCUT2D eigenvalue weighted by Crippen LogP contribution is 2.29. The van der Waals surface area contributed by atoms with Gasteiger partial charge >= 0.3 is 5.97 Å². The lowest BCUT2D eigenvalue weighted by Crippen LogP contribution is -2.45. The molecule has 0 saturated heterocycles. The molecule has 0 bridgehead atoms. The zero-order valence-electron chi connectivity index (χ0n) is 13.5. The normalized spacial score (nSPS) is 17.1. The van der Waals surface area contributed by atoms with Crippen LogP contribution in [0.25, 0.3) is 11.1 Å². The minimum absolute atomic E-state index is 0.323. The lowest BCUT2D eigenvalue weighted by atomic mass is 9.94. The summed E-state index contributed by atoms with van der Waals surface area (Å²) in [5.41, 5.74) is 4.48. The fourth-order valence-corrected chi connectivity index (χ4v) is 3.09. The predicted molar refractivity (Wildman–Crippen MR) is 98.2 cm³/mol. The van der Waals surface area contributed by atoms with Crippen LogP contribution >= 0.6 is 12.2 Å². The van der Waals surface area contributed by atoms with Gasteiger partial charge in [0, 0.05) is 5.70 Å². The molecule has 0 aliphatic carbocycles. The van der Waals surface area contributed by atoms with Crippen molar-refractivity contribution in [2.75, 3.05) is 7.11 Å². The fraction of sp³-hybridized carbons (Fsp3) is 0.158. The third kappa shape index (κ3) is 3.16. The quantitative estimate of drug-likeness (QED) is 0.664. The Morgan fingerprint density at radius 1 is 1.04 bits per heavy atom. The summed E-state index contributed by atoms with van der Waals surface area (Å²) in [6, 6.07) is 17.9. The molecule has 0 spiro atoms. The summed E-state index contributed by atoms with van der Waals surface area (Å²) >= 11 is 5.23. The summed E-state index contributed by atoms with van der Waals surface area (Å²) < 4.78 is 4.92. The number of hydrogen-bond donors (Lipinski definition) is 2. The van der Waals surface area contributed by atoms with Crippen molar-refractivity contribution in [3.63, 3.8) is 0 Å². The molecule has 2 aromatic rings.